The minimum atomic E-state index is 0.0291. The molecule has 1 aliphatic rings. The Labute approximate surface area is 111 Å². The van der Waals surface area contributed by atoms with Gasteiger partial charge in [0.1, 0.15) is 0 Å². The van der Waals surface area contributed by atoms with Gasteiger partial charge >= 0.3 is 0 Å². The molecule has 1 heterocycles. The van der Waals surface area contributed by atoms with Crippen LogP contribution in [-0.2, 0) is 4.79 Å². The van der Waals surface area contributed by atoms with Crippen molar-refractivity contribution in [1.82, 2.24) is 15.5 Å². The maximum absolute atomic E-state index is 12.0. The first-order valence-electron chi connectivity index (χ1n) is 7.36. The Bertz CT molecular complexity index is 237. The van der Waals surface area contributed by atoms with E-state index in [1.165, 1.54) is 12.8 Å². The van der Waals surface area contributed by atoms with Crippen molar-refractivity contribution in [2.75, 3.05) is 26.7 Å². The van der Waals surface area contributed by atoms with Crippen LogP contribution in [0.2, 0.25) is 0 Å². The fourth-order valence-corrected chi connectivity index (χ4v) is 2.26. The van der Waals surface area contributed by atoms with Crippen molar-refractivity contribution in [3.8, 4) is 0 Å². The van der Waals surface area contributed by atoms with E-state index in [1.54, 1.807) is 0 Å². The van der Waals surface area contributed by atoms with Gasteiger partial charge in [-0.05, 0) is 39.8 Å². The molecule has 0 spiro atoms. The lowest BCUT2D eigenvalue weighted by Crippen LogP contribution is -2.46. The van der Waals surface area contributed by atoms with Crippen LogP contribution in [0, 0.1) is 0 Å². The lowest BCUT2D eigenvalue weighted by Gasteiger charge is -2.24. The van der Waals surface area contributed by atoms with Gasteiger partial charge in [0.05, 0.1) is 6.04 Å². The Morgan fingerprint density at radius 3 is 2.94 bits per heavy atom. The first-order valence-corrected chi connectivity index (χ1v) is 7.36. The van der Waals surface area contributed by atoms with Gasteiger partial charge < -0.3 is 15.5 Å². The van der Waals surface area contributed by atoms with Crippen molar-refractivity contribution in [2.45, 2.75) is 58.0 Å². The highest BCUT2D eigenvalue weighted by Gasteiger charge is 2.19. The standard InChI is InChI=1S/C14H29N3O/c1-4-12(2)17(3)11-10-16-14(18)13-8-6-5-7-9-15-13/h12-13,15H,4-11H2,1-3H3,(H,16,18). The highest BCUT2D eigenvalue weighted by molar-refractivity contribution is 5.81. The third-order valence-electron chi connectivity index (χ3n) is 3.98. The minimum Gasteiger partial charge on any atom is -0.353 e. The molecule has 1 amide bonds. The van der Waals surface area contributed by atoms with Crippen LogP contribution in [-0.4, -0.2) is 49.6 Å². The molecule has 1 aliphatic heterocycles. The number of rotatable bonds is 6. The molecule has 1 saturated heterocycles. The molecule has 1 fully saturated rings. The topological polar surface area (TPSA) is 44.4 Å². The maximum atomic E-state index is 12.0. The molecule has 0 aliphatic carbocycles. The van der Waals surface area contributed by atoms with E-state index in [1.807, 2.05) is 0 Å². The molecule has 18 heavy (non-hydrogen) atoms. The van der Waals surface area contributed by atoms with Crippen LogP contribution >= 0.6 is 0 Å². The van der Waals surface area contributed by atoms with Gasteiger partial charge in [-0.15, -0.1) is 0 Å². The van der Waals surface area contributed by atoms with E-state index in [-0.39, 0.29) is 11.9 Å². The van der Waals surface area contributed by atoms with Crippen molar-refractivity contribution in [2.24, 2.45) is 0 Å². The highest BCUT2D eigenvalue weighted by Crippen LogP contribution is 2.08. The van der Waals surface area contributed by atoms with E-state index in [4.69, 9.17) is 0 Å². The second-order valence-corrected chi connectivity index (χ2v) is 5.38. The Morgan fingerprint density at radius 2 is 2.22 bits per heavy atom. The number of hydrogen-bond donors (Lipinski definition) is 2. The predicted octanol–water partition coefficient (Wildman–Crippen LogP) is 1.37. The minimum absolute atomic E-state index is 0.0291. The van der Waals surface area contributed by atoms with Crippen LogP contribution in [0.15, 0.2) is 0 Å². The van der Waals surface area contributed by atoms with Gasteiger partial charge in [0.15, 0.2) is 0 Å². The Morgan fingerprint density at radius 1 is 1.44 bits per heavy atom. The summed E-state index contributed by atoms with van der Waals surface area (Å²) in [5.41, 5.74) is 0. The average molecular weight is 255 g/mol. The summed E-state index contributed by atoms with van der Waals surface area (Å²) in [7, 11) is 2.12. The van der Waals surface area contributed by atoms with Crippen molar-refractivity contribution < 1.29 is 4.79 Å². The van der Waals surface area contributed by atoms with Gasteiger partial charge in [-0.3, -0.25) is 4.79 Å². The number of likely N-dealkylation sites (N-methyl/N-ethyl adjacent to an activating group) is 1. The summed E-state index contributed by atoms with van der Waals surface area (Å²) in [6.45, 7) is 7.06. The molecular weight excluding hydrogens is 226 g/mol. The zero-order valence-corrected chi connectivity index (χ0v) is 12.2. The molecule has 106 valence electrons. The Hall–Kier alpha value is -0.610. The number of hydrogen-bond acceptors (Lipinski definition) is 3. The zero-order chi connectivity index (χ0) is 13.4. The number of carbonyl (C=O) groups excluding carboxylic acids is 1. The maximum Gasteiger partial charge on any atom is 0.237 e. The van der Waals surface area contributed by atoms with Crippen LogP contribution in [0.3, 0.4) is 0 Å². The van der Waals surface area contributed by atoms with Crippen molar-refractivity contribution in [3.05, 3.63) is 0 Å². The summed E-state index contributed by atoms with van der Waals surface area (Å²) < 4.78 is 0. The van der Waals surface area contributed by atoms with E-state index in [0.29, 0.717) is 6.04 Å². The van der Waals surface area contributed by atoms with Crippen molar-refractivity contribution in [3.63, 3.8) is 0 Å². The second kappa shape index (κ2) is 8.48. The van der Waals surface area contributed by atoms with E-state index < -0.39 is 0 Å². The smallest absolute Gasteiger partial charge is 0.237 e. The summed E-state index contributed by atoms with van der Waals surface area (Å²) in [4.78, 5) is 14.3. The van der Waals surface area contributed by atoms with E-state index in [0.717, 1.165) is 38.9 Å². The first kappa shape index (κ1) is 15.4. The largest absolute Gasteiger partial charge is 0.353 e. The lowest BCUT2D eigenvalue weighted by molar-refractivity contribution is -0.123. The normalized spacial score (nSPS) is 22.6. The van der Waals surface area contributed by atoms with Gasteiger partial charge in [-0.25, -0.2) is 0 Å². The van der Waals surface area contributed by atoms with Gasteiger partial charge in [0.25, 0.3) is 0 Å². The molecule has 0 radical (unpaired) electrons. The molecule has 1 rings (SSSR count). The molecule has 2 N–H and O–H groups in total. The molecule has 2 unspecified atom stereocenters. The molecule has 0 aromatic rings. The van der Waals surface area contributed by atoms with Crippen LogP contribution in [0.4, 0.5) is 0 Å². The number of nitrogens with zero attached hydrogens (tertiary/aromatic N) is 1. The van der Waals surface area contributed by atoms with E-state index >= 15 is 0 Å². The van der Waals surface area contributed by atoms with E-state index in [9.17, 15) is 4.79 Å². The van der Waals surface area contributed by atoms with Crippen LogP contribution in [0.5, 0.6) is 0 Å². The summed E-state index contributed by atoms with van der Waals surface area (Å²) in [5.74, 6) is 0.175. The van der Waals surface area contributed by atoms with Crippen LogP contribution in [0.25, 0.3) is 0 Å². The van der Waals surface area contributed by atoms with Crippen molar-refractivity contribution in [1.29, 1.82) is 0 Å². The molecule has 0 bridgehead atoms. The molecular formula is C14H29N3O. The number of amides is 1. The summed E-state index contributed by atoms with van der Waals surface area (Å²) in [6.07, 6.45) is 5.73. The Balaban J connectivity index is 2.19. The third kappa shape index (κ3) is 5.36. The van der Waals surface area contributed by atoms with Crippen LogP contribution in [0.1, 0.15) is 46.0 Å². The molecule has 0 aromatic heterocycles. The fraction of sp³-hybridized carbons (Fsp3) is 0.929. The monoisotopic (exact) mass is 255 g/mol. The molecule has 4 nitrogen and oxygen atoms in total. The average Bonchev–Trinajstić information content (AvgIpc) is 2.66. The Kier molecular flexibility index (Phi) is 7.28. The summed E-state index contributed by atoms with van der Waals surface area (Å²) in [6, 6.07) is 0.610. The molecule has 0 aromatic carbocycles. The lowest BCUT2D eigenvalue weighted by atomic mass is 10.1. The number of carbonyl (C=O) groups is 1. The quantitative estimate of drug-likeness (QED) is 0.753. The third-order valence-corrected chi connectivity index (χ3v) is 3.98. The van der Waals surface area contributed by atoms with Gasteiger partial charge in [-0.1, -0.05) is 19.8 Å². The first-order chi connectivity index (χ1) is 8.65. The molecule has 4 heteroatoms. The van der Waals surface area contributed by atoms with Gasteiger partial charge in [0, 0.05) is 19.1 Å². The summed E-state index contributed by atoms with van der Waals surface area (Å²) >= 11 is 0. The highest BCUT2D eigenvalue weighted by atomic mass is 16.2. The second-order valence-electron chi connectivity index (χ2n) is 5.38. The van der Waals surface area contributed by atoms with E-state index in [2.05, 4.69) is 36.4 Å². The summed E-state index contributed by atoms with van der Waals surface area (Å²) in [5, 5.41) is 6.37. The van der Waals surface area contributed by atoms with Crippen molar-refractivity contribution >= 4 is 5.91 Å². The van der Waals surface area contributed by atoms with Gasteiger partial charge in [0.2, 0.25) is 5.91 Å². The molecule has 0 saturated carbocycles. The SMILES string of the molecule is CCC(C)N(C)CCNC(=O)C1CCCCCN1. The molecule has 2 atom stereocenters. The zero-order valence-electron chi connectivity index (χ0n) is 12.2. The predicted molar refractivity (Wildman–Crippen MR) is 75.7 cm³/mol. The van der Waals surface area contributed by atoms with Crippen LogP contribution < -0.4 is 10.6 Å². The van der Waals surface area contributed by atoms with Gasteiger partial charge in [-0.2, -0.15) is 0 Å². The number of nitrogens with one attached hydrogen (secondary N) is 2. The fourth-order valence-electron chi connectivity index (χ4n) is 2.26.